The molecule has 0 aliphatic heterocycles. The maximum Gasteiger partial charge on any atom is 0.328 e. The monoisotopic (exact) mass is 299 g/mol. The number of benzene rings is 1. The lowest BCUT2D eigenvalue weighted by Crippen LogP contribution is -2.42. The van der Waals surface area contributed by atoms with Crippen LogP contribution in [0.25, 0.3) is 0 Å². The molecule has 1 aromatic rings. The Balaban J connectivity index is 3.04. The number of carbonyl (C=O) groups excluding carboxylic acids is 1. The summed E-state index contributed by atoms with van der Waals surface area (Å²) in [6, 6.07) is 2.89. The Morgan fingerprint density at radius 1 is 1.38 bits per heavy atom. The van der Waals surface area contributed by atoms with Crippen LogP contribution in [0.15, 0.2) is 18.2 Å². The second-order valence-electron chi connectivity index (χ2n) is 4.55. The molecule has 1 atom stereocenters. The number of nitrogens with one attached hydrogen (secondary N) is 1. The Labute approximate surface area is 121 Å². The molecule has 6 nitrogen and oxygen atoms in total. The maximum absolute atomic E-state index is 12.6. The topological polar surface area (TPSA) is 84.9 Å². The molecule has 2 N–H and O–H groups in total. The zero-order valence-corrected chi connectivity index (χ0v) is 12.1. The molecule has 116 valence electrons. The second-order valence-corrected chi connectivity index (χ2v) is 4.55. The molecule has 21 heavy (non-hydrogen) atoms. The molecule has 0 aromatic heterocycles. The fourth-order valence-electron chi connectivity index (χ4n) is 1.57. The van der Waals surface area contributed by atoms with Gasteiger partial charge in [0.25, 0.3) is 5.91 Å². The number of halogens is 1. The average Bonchev–Trinajstić information content (AvgIpc) is 2.43. The third-order valence-corrected chi connectivity index (χ3v) is 2.55. The van der Waals surface area contributed by atoms with Crippen molar-refractivity contribution < 1.29 is 28.6 Å². The van der Waals surface area contributed by atoms with Gasteiger partial charge in [-0.05, 0) is 26.0 Å². The molecular formula is C14H18FNO5. The van der Waals surface area contributed by atoms with E-state index < -0.39 is 24.6 Å². The lowest BCUT2D eigenvalue weighted by Gasteiger charge is -2.16. The standard InChI is InChI=1S/C14H18FNO5/c1-8(2)21-12-6-9(20-3)4-5-10(12)13(17)16-11(7-15)14(18)19/h4-6,8,11H,7H2,1-3H3,(H,16,17)(H,18,19). The SMILES string of the molecule is COc1ccc(C(=O)NC(CF)C(=O)O)c(OC(C)C)c1. The molecule has 1 aromatic carbocycles. The van der Waals surface area contributed by atoms with Gasteiger partial charge in [0.2, 0.25) is 0 Å². The van der Waals surface area contributed by atoms with Crippen molar-refractivity contribution in [2.75, 3.05) is 13.8 Å². The van der Waals surface area contributed by atoms with Crippen LogP contribution in [-0.2, 0) is 4.79 Å². The van der Waals surface area contributed by atoms with Gasteiger partial charge in [-0.1, -0.05) is 0 Å². The molecule has 0 radical (unpaired) electrons. The highest BCUT2D eigenvalue weighted by Crippen LogP contribution is 2.26. The summed E-state index contributed by atoms with van der Waals surface area (Å²) < 4.78 is 23.1. The molecule has 0 bridgehead atoms. The molecule has 1 unspecified atom stereocenters. The summed E-state index contributed by atoms with van der Waals surface area (Å²) in [5, 5.41) is 10.9. The minimum absolute atomic E-state index is 0.115. The summed E-state index contributed by atoms with van der Waals surface area (Å²) in [5.41, 5.74) is 0.115. The van der Waals surface area contributed by atoms with Crippen LogP contribution in [0.2, 0.25) is 0 Å². The van der Waals surface area contributed by atoms with Crippen molar-refractivity contribution in [2.45, 2.75) is 26.0 Å². The molecule has 1 amide bonds. The number of carboxylic acids is 1. The van der Waals surface area contributed by atoms with Crippen molar-refractivity contribution in [3.63, 3.8) is 0 Å². The summed E-state index contributed by atoms with van der Waals surface area (Å²) >= 11 is 0. The Morgan fingerprint density at radius 3 is 2.52 bits per heavy atom. The molecule has 1 rings (SSSR count). The van der Waals surface area contributed by atoms with Gasteiger partial charge >= 0.3 is 5.97 Å². The molecule has 7 heteroatoms. The van der Waals surface area contributed by atoms with E-state index in [2.05, 4.69) is 5.32 Å². The molecule has 0 fully saturated rings. The van der Waals surface area contributed by atoms with Crippen LogP contribution in [0.3, 0.4) is 0 Å². The Kier molecular flexibility index (Phi) is 5.95. The van der Waals surface area contributed by atoms with Crippen LogP contribution in [0, 0.1) is 0 Å². The molecule has 0 spiro atoms. The van der Waals surface area contributed by atoms with Crippen LogP contribution in [0.1, 0.15) is 24.2 Å². The number of aliphatic carboxylic acids is 1. The van der Waals surface area contributed by atoms with Gasteiger partial charge in [-0.3, -0.25) is 4.79 Å². The van der Waals surface area contributed by atoms with Crippen molar-refractivity contribution in [1.29, 1.82) is 0 Å². The van der Waals surface area contributed by atoms with E-state index in [1.807, 2.05) is 0 Å². The zero-order chi connectivity index (χ0) is 16.0. The highest BCUT2D eigenvalue weighted by molar-refractivity contribution is 5.99. The minimum Gasteiger partial charge on any atom is -0.497 e. The van der Waals surface area contributed by atoms with Crippen LogP contribution >= 0.6 is 0 Å². The lowest BCUT2D eigenvalue weighted by molar-refractivity contribution is -0.139. The van der Waals surface area contributed by atoms with Crippen molar-refractivity contribution >= 4 is 11.9 Å². The number of carboxylic acid groups (broad SMARTS) is 1. The molecule has 0 aliphatic rings. The molecule has 0 saturated heterocycles. The van der Waals surface area contributed by atoms with Gasteiger partial charge in [0, 0.05) is 6.07 Å². The number of ether oxygens (including phenoxy) is 2. The van der Waals surface area contributed by atoms with Crippen LogP contribution < -0.4 is 14.8 Å². The average molecular weight is 299 g/mol. The van der Waals surface area contributed by atoms with Gasteiger partial charge in [-0.2, -0.15) is 0 Å². The van der Waals surface area contributed by atoms with E-state index in [4.69, 9.17) is 14.6 Å². The van der Waals surface area contributed by atoms with Crippen LogP contribution in [0.4, 0.5) is 4.39 Å². The van der Waals surface area contributed by atoms with Crippen molar-refractivity contribution in [1.82, 2.24) is 5.32 Å². The first-order valence-corrected chi connectivity index (χ1v) is 6.33. The third kappa shape index (κ3) is 4.62. The smallest absolute Gasteiger partial charge is 0.328 e. The van der Waals surface area contributed by atoms with E-state index in [9.17, 15) is 14.0 Å². The summed E-state index contributed by atoms with van der Waals surface area (Å²) in [7, 11) is 1.47. The summed E-state index contributed by atoms with van der Waals surface area (Å²) in [5.74, 6) is -1.43. The first kappa shape index (κ1) is 16.7. The zero-order valence-electron chi connectivity index (χ0n) is 12.1. The Bertz CT molecular complexity index is 518. The predicted molar refractivity (Wildman–Crippen MR) is 73.6 cm³/mol. The third-order valence-electron chi connectivity index (χ3n) is 2.55. The Morgan fingerprint density at radius 2 is 2.05 bits per heavy atom. The van der Waals surface area contributed by atoms with E-state index in [0.29, 0.717) is 5.75 Å². The second kappa shape index (κ2) is 7.47. The number of methoxy groups -OCH3 is 1. The van der Waals surface area contributed by atoms with Crippen LogP contribution in [0.5, 0.6) is 11.5 Å². The normalized spacial score (nSPS) is 11.9. The number of hydrogen-bond acceptors (Lipinski definition) is 4. The van der Waals surface area contributed by atoms with Gasteiger partial charge in [0.1, 0.15) is 18.2 Å². The largest absolute Gasteiger partial charge is 0.497 e. The van der Waals surface area contributed by atoms with Gasteiger partial charge in [0.05, 0.1) is 18.8 Å². The molecule has 0 saturated carbocycles. The van der Waals surface area contributed by atoms with Gasteiger partial charge < -0.3 is 19.9 Å². The number of amides is 1. The van der Waals surface area contributed by atoms with E-state index >= 15 is 0 Å². The molecular weight excluding hydrogens is 281 g/mol. The van der Waals surface area contributed by atoms with Gasteiger partial charge in [0.15, 0.2) is 6.04 Å². The number of alkyl halides is 1. The first-order chi connectivity index (χ1) is 9.88. The maximum atomic E-state index is 12.6. The van der Waals surface area contributed by atoms with Gasteiger partial charge in [-0.25, -0.2) is 9.18 Å². The van der Waals surface area contributed by atoms with Crippen LogP contribution in [-0.4, -0.2) is 42.9 Å². The highest BCUT2D eigenvalue weighted by Gasteiger charge is 2.23. The van der Waals surface area contributed by atoms with Crippen molar-refractivity contribution in [3.8, 4) is 11.5 Å². The number of rotatable bonds is 7. The minimum atomic E-state index is -1.59. The van der Waals surface area contributed by atoms with E-state index in [0.717, 1.165) is 0 Å². The molecule has 0 heterocycles. The fraction of sp³-hybridized carbons (Fsp3) is 0.429. The number of carbonyl (C=O) groups is 2. The summed E-state index contributed by atoms with van der Waals surface area (Å²) in [6.45, 7) is 2.36. The van der Waals surface area contributed by atoms with Gasteiger partial charge in [-0.15, -0.1) is 0 Å². The quantitative estimate of drug-likeness (QED) is 0.799. The fourth-order valence-corrected chi connectivity index (χ4v) is 1.57. The molecule has 0 aliphatic carbocycles. The Hall–Kier alpha value is -2.31. The first-order valence-electron chi connectivity index (χ1n) is 6.33. The van der Waals surface area contributed by atoms with E-state index in [-0.39, 0.29) is 17.4 Å². The van der Waals surface area contributed by atoms with Crippen molar-refractivity contribution in [3.05, 3.63) is 23.8 Å². The summed E-state index contributed by atoms with van der Waals surface area (Å²) in [4.78, 5) is 22.8. The predicted octanol–water partition coefficient (Wildman–Crippen LogP) is 1.63. The van der Waals surface area contributed by atoms with E-state index in [1.165, 1.54) is 25.3 Å². The highest BCUT2D eigenvalue weighted by atomic mass is 19.1. The summed E-state index contributed by atoms with van der Waals surface area (Å²) in [6.07, 6.45) is -0.194. The lowest BCUT2D eigenvalue weighted by atomic mass is 10.1. The number of hydrogen-bond donors (Lipinski definition) is 2. The van der Waals surface area contributed by atoms with E-state index in [1.54, 1.807) is 13.8 Å². The van der Waals surface area contributed by atoms with Crippen molar-refractivity contribution in [2.24, 2.45) is 0 Å².